The van der Waals surface area contributed by atoms with E-state index in [0.29, 0.717) is 47.9 Å². The molecule has 0 saturated carbocycles. The minimum Gasteiger partial charge on any atom is -0.450 e. The van der Waals surface area contributed by atoms with Crippen molar-refractivity contribution in [2.45, 2.75) is 32.7 Å². The van der Waals surface area contributed by atoms with Gasteiger partial charge in [-0.3, -0.25) is 9.36 Å². The lowest BCUT2D eigenvalue weighted by Crippen LogP contribution is -2.42. The molecule has 0 bridgehead atoms. The predicted molar refractivity (Wildman–Crippen MR) is 112 cm³/mol. The number of nitrogens with one attached hydrogen (secondary N) is 1. The summed E-state index contributed by atoms with van der Waals surface area (Å²) in [6.45, 7) is 5.10. The molecule has 29 heavy (non-hydrogen) atoms. The van der Waals surface area contributed by atoms with Crippen molar-refractivity contribution in [2.24, 2.45) is 0 Å². The fraction of sp³-hybridized carbons (Fsp3) is 0.400. The summed E-state index contributed by atoms with van der Waals surface area (Å²) >= 11 is 0. The Labute approximate surface area is 167 Å². The number of carbonyl (C=O) groups excluding carboxylic acids is 1. The number of anilines is 2. The molecule has 2 aromatic heterocycles. The Morgan fingerprint density at radius 3 is 2.72 bits per heavy atom. The van der Waals surface area contributed by atoms with Gasteiger partial charge in [-0.1, -0.05) is 6.08 Å². The van der Waals surface area contributed by atoms with E-state index in [0.717, 1.165) is 18.5 Å². The van der Waals surface area contributed by atoms with Crippen LogP contribution < -0.4 is 16.6 Å². The van der Waals surface area contributed by atoms with E-state index in [2.05, 4.69) is 15.3 Å². The number of piperidine rings is 1. The summed E-state index contributed by atoms with van der Waals surface area (Å²) < 4.78 is 6.62. The molecular weight excluding hydrogens is 372 g/mol. The summed E-state index contributed by atoms with van der Waals surface area (Å²) in [6.07, 6.45) is 8.49. The van der Waals surface area contributed by atoms with Gasteiger partial charge in [-0.25, -0.2) is 9.78 Å². The Morgan fingerprint density at radius 2 is 2.10 bits per heavy atom. The summed E-state index contributed by atoms with van der Waals surface area (Å²) in [7, 11) is 0. The molecule has 0 aromatic carbocycles. The lowest BCUT2D eigenvalue weighted by atomic mass is 10.1. The first-order valence-corrected chi connectivity index (χ1v) is 9.74. The fourth-order valence-electron chi connectivity index (χ4n) is 3.56. The molecule has 1 amide bonds. The molecule has 9 nitrogen and oxygen atoms in total. The van der Waals surface area contributed by atoms with Crippen molar-refractivity contribution in [3.05, 3.63) is 40.3 Å². The number of hydrogen-bond acceptors (Lipinski definition) is 7. The maximum absolute atomic E-state index is 12.8. The van der Waals surface area contributed by atoms with E-state index in [1.165, 1.54) is 0 Å². The van der Waals surface area contributed by atoms with Gasteiger partial charge in [0.2, 0.25) is 5.95 Å². The number of allylic oxidation sites excluding steroid dienone is 4. The van der Waals surface area contributed by atoms with Gasteiger partial charge < -0.3 is 20.7 Å². The summed E-state index contributed by atoms with van der Waals surface area (Å²) in [5, 5.41) is 3.97. The molecule has 1 aliphatic heterocycles. The Bertz CT molecular complexity index is 1080. The minimum absolute atomic E-state index is 0.129. The average molecular weight is 396 g/mol. The maximum atomic E-state index is 12.8. The smallest absolute Gasteiger partial charge is 0.409 e. The molecule has 2 aromatic rings. The van der Waals surface area contributed by atoms with Crippen molar-refractivity contribution < 1.29 is 9.53 Å². The summed E-state index contributed by atoms with van der Waals surface area (Å²) in [5.74, 6) is 0.437. The average Bonchev–Trinajstić information content (AvgIpc) is 2.68. The Morgan fingerprint density at radius 1 is 1.38 bits per heavy atom. The molecule has 9 heteroatoms. The van der Waals surface area contributed by atoms with E-state index in [9.17, 15) is 9.59 Å². The molecule has 0 unspecified atom stereocenters. The largest absolute Gasteiger partial charge is 0.450 e. The summed E-state index contributed by atoms with van der Waals surface area (Å²) in [5.41, 5.74) is 8.11. The molecule has 1 fully saturated rings. The number of carbonyl (C=O) groups is 1. The lowest BCUT2D eigenvalue weighted by Gasteiger charge is -2.31. The van der Waals surface area contributed by atoms with Crippen LogP contribution in [0.25, 0.3) is 16.7 Å². The lowest BCUT2D eigenvalue weighted by molar-refractivity contribution is 0.0983. The third-order valence-electron chi connectivity index (χ3n) is 5.34. The molecule has 1 saturated heterocycles. The number of pyridine rings is 1. The van der Waals surface area contributed by atoms with Gasteiger partial charge in [0.15, 0.2) is 5.65 Å². The number of hydrogen-bond donors (Lipinski definition) is 2. The molecule has 3 N–H and O–H groups in total. The van der Waals surface area contributed by atoms with Gasteiger partial charge in [0.25, 0.3) is 5.56 Å². The van der Waals surface area contributed by atoms with Crippen LogP contribution in [0.4, 0.5) is 16.4 Å². The molecule has 4 rings (SSSR count). The molecule has 0 atom stereocenters. The molecule has 0 spiro atoms. The third kappa shape index (κ3) is 3.43. The van der Waals surface area contributed by atoms with E-state index in [4.69, 9.17) is 10.5 Å². The maximum Gasteiger partial charge on any atom is 0.409 e. The third-order valence-corrected chi connectivity index (χ3v) is 5.34. The van der Waals surface area contributed by atoms with E-state index in [1.807, 2.05) is 18.2 Å². The second-order valence-corrected chi connectivity index (χ2v) is 7.17. The first kappa shape index (κ1) is 19.0. The van der Waals surface area contributed by atoms with Crippen LogP contribution in [0.2, 0.25) is 0 Å². The van der Waals surface area contributed by atoms with Crippen LogP contribution >= 0.6 is 0 Å². The van der Waals surface area contributed by atoms with E-state index >= 15 is 0 Å². The van der Waals surface area contributed by atoms with E-state index in [-0.39, 0.29) is 17.7 Å². The highest BCUT2D eigenvalue weighted by atomic mass is 16.6. The quantitative estimate of drug-likeness (QED) is 0.813. The summed E-state index contributed by atoms with van der Waals surface area (Å²) in [6, 6.07) is 0.129. The van der Waals surface area contributed by atoms with Crippen LogP contribution in [-0.2, 0) is 4.74 Å². The number of nitrogens with zero attached hydrogens (tertiary/aromatic N) is 4. The number of amides is 1. The van der Waals surface area contributed by atoms with E-state index < -0.39 is 0 Å². The normalized spacial score (nSPS) is 16.5. The number of likely N-dealkylation sites (tertiary alicyclic amines) is 1. The molecule has 152 valence electrons. The first-order chi connectivity index (χ1) is 14.0. The van der Waals surface area contributed by atoms with Crippen molar-refractivity contribution in [2.75, 3.05) is 30.7 Å². The van der Waals surface area contributed by atoms with Gasteiger partial charge in [-0.05, 0) is 38.8 Å². The molecular formula is C20H24N6O3. The monoisotopic (exact) mass is 396 g/mol. The summed E-state index contributed by atoms with van der Waals surface area (Å²) in [4.78, 5) is 35.3. The number of nitrogens with two attached hydrogens (primary N) is 1. The Balaban J connectivity index is 1.58. The highest BCUT2D eigenvalue weighted by molar-refractivity contribution is 5.92. The Kier molecular flexibility index (Phi) is 4.96. The van der Waals surface area contributed by atoms with Crippen molar-refractivity contribution in [1.29, 1.82) is 0 Å². The van der Waals surface area contributed by atoms with Gasteiger partial charge in [0.1, 0.15) is 0 Å². The molecule has 1 aliphatic carbocycles. The Hall–Kier alpha value is -3.36. The molecule has 3 heterocycles. The molecule has 2 aliphatic rings. The van der Waals surface area contributed by atoms with Crippen molar-refractivity contribution >= 4 is 34.5 Å². The number of ether oxygens (including phenoxy) is 1. The van der Waals surface area contributed by atoms with Crippen LogP contribution in [-0.4, -0.2) is 51.3 Å². The number of rotatable bonds is 4. The van der Waals surface area contributed by atoms with Crippen molar-refractivity contribution in [3.63, 3.8) is 0 Å². The first-order valence-electron chi connectivity index (χ1n) is 9.74. The molecule has 0 radical (unpaired) electrons. The van der Waals surface area contributed by atoms with Crippen LogP contribution in [0, 0.1) is 6.92 Å². The van der Waals surface area contributed by atoms with Crippen LogP contribution in [0.3, 0.4) is 0 Å². The number of fused-ring (bicyclic) bond motifs is 1. The number of nitrogen functional groups attached to an aromatic ring is 1. The van der Waals surface area contributed by atoms with Crippen molar-refractivity contribution in [1.82, 2.24) is 19.4 Å². The number of aromatic nitrogens is 3. The highest BCUT2D eigenvalue weighted by Crippen LogP contribution is 2.26. The van der Waals surface area contributed by atoms with Gasteiger partial charge >= 0.3 is 6.09 Å². The van der Waals surface area contributed by atoms with Gasteiger partial charge in [0, 0.05) is 30.9 Å². The van der Waals surface area contributed by atoms with Crippen LogP contribution in [0.15, 0.2) is 29.2 Å². The van der Waals surface area contributed by atoms with Crippen LogP contribution in [0.1, 0.15) is 25.3 Å². The SMILES string of the molecule is CCOC(=O)N1CCC(Nc2ncc3c(N)c(C)c(=O)n(C4=CC=C4)c3n2)CC1. The predicted octanol–water partition coefficient (Wildman–Crippen LogP) is 2.13. The van der Waals surface area contributed by atoms with Crippen LogP contribution in [0.5, 0.6) is 0 Å². The zero-order chi connectivity index (χ0) is 20.5. The van der Waals surface area contributed by atoms with Gasteiger partial charge in [-0.15, -0.1) is 0 Å². The highest BCUT2D eigenvalue weighted by Gasteiger charge is 2.24. The zero-order valence-electron chi connectivity index (χ0n) is 16.5. The fourth-order valence-corrected chi connectivity index (χ4v) is 3.56. The standard InChI is InChI=1S/C20H24N6O3/c1-3-29-20(28)25-9-7-13(8-10-25)23-19-22-11-15-16(21)12(2)18(27)26(17(15)24-19)14-5-4-6-14/h4-6,11,13H,3,7-10,21H2,1-2H3,(H,22,23,24). The minimum atomic E-state index is -0.274. The zero-order valence-corrected chi connectivity index (χ0v) is 16.5. The van der Waals surface area contributed by atoms with Gasteiger partial charge in [0.05, 0.1) is 23.4 Å². The van der Waals surface area contributed by atoms with Gasteiger partial charge in [-0.2, -0.15) is 4.98 Å². The topological polar surface area (TPSA) is 115 Å². The van der Waals surface area contributed by atoms with Crippen molar-refractivity contribution in [3.8, 4) is 0 Å². The second kappa shape index (κ2) is 7.57. The second-order valence-electron chi connectivity index (χ2n) is 7.17. The van der Waals surface area contributed by atoms with E-state index in [1.54, 1.807) is 29.5 Å².